The van der Waals surface area contributed by atoms with Crippen molar-refractivity contribution in [3.05, 3.63) is 65.2 Å². The van der Waals surface area contributed by atoms with E-state index in [1.165, 1.54) is 35.6 Å². The minimum absolute atomic E-state index is 0.0394. The zero-order chi connectivity index (χ0) is 27.1. The molecule has 1 aliphatic heterocycles. The first kappa shape index (κ1) is 29.0. The average Bonchev–Trinajstić information content (AvgIpc) is 3.40. The van der Waals surface area contributed by atoms with E-state index >= 15 is 0 Å². The van der Waals surface area contributed by atoms with Gasteiger partial charge in [-0.3, -0.25) is 4.79 Å². The molecule has 1 N–H and O–H groups in total. The van der Waals surface area contributed by atoms with Crippen molar-refractivity contribution < 1.29 is 17.9 Å². The van der Waals surface area contributed by atoms with Crippen LogP contribution in [0.25, 0.3) is 0 Å². The second-order valence-electron chi connectivity index (χ2n) is 10.8. The van der Waals surface area contributed by atoms with Crippen LogP contribution in [0.4, 0.5) is 0 Å². The van der Waals surface area contributed by atoms with Crippen molar-refractivity contribution >= 4 is 27.5 Å². The molecular formula is C29H40ClN3O4S. The Morgan fingerprint density at radius 2 is 1.74 bits per heavy atom. The maximum atomic E-state index is 12.8. The number of carbonyl (C=O) groups excluding carboxylic acids is 1. The number of hydrogen-bond acceptors (Lipinski definition) is 5. The topological polar surface area (TPSA) is 79.0 Å². The number of amides is 1. The maximum absolute atomic E-state index is 12.8. The molecule has 0 aromatic heterocycles. The summed E-state index contributed by atoms with van der Waals surface area (Å²) < 4.78 is 32.7. The highest BCUT2D eigenvalue weighted by molar-refractivity contribution is 7.89. The quantitative estimate of drug-likeness (QED) is 0.429. The van der Waals surface area contributed by atoms with E-state index in [2.05, 4.69) is 36.4 Å². The normalized spacial score (nSPS) is 23.4. The number of carbonyl (C=O) groups is 1. The van der Waals surface area contributed by atoms with Crippen molar-refractivity contribution in [1.29, 1.82) is 0 Å². The summed E-state index contributed by atoms with van der Waals surface area (Å²) in [6.07, 6.45) is 5.99. The highest BCUT2D eigenvalue weighted by Gasteiger charge is 2.33. The van der Waals surface area contributed by atoms with Crippen LogP contribution in [0.1, 0.15) is 50.1 Å². The molecule has 2 unspecified atom stereocenters. The molecule has 2 fully saturated rings. The van der Waals surface area contributed by atoms with Crippen LogP contribution in [0.5, 0.6) is 0 Å². The molecule has 2 aromatic rings. The highest BCUT2D eigenvalue weighted by Crippen LogP contribution is 2.40. The summed E-state index contributed by atoms with van der Waals surface area (Å²) in [5, 5.41) is 3.76. The minimum atomic E-state index is -3.52. The Morgan fingerprint density at radius 1 is 1.05 bits per heavy atom. The molecule has 4 rings (SSSR count). The van der Waals surface area contributed by atoms with Crippen LogP contribution < -0.4 is 5.32 Å². The van der Waals surface area contributed by atoms with Crippen LogP contribution in [0.2, 0.25) is 5.02 Å². The molecule has 1 heterocycles. The van der Waals surface area contributed by atoms with Gasteiger partial charge >= 0.3 is 0 Å². The smallest absolute Gasteiger partial charge is 0.246 e. The number of hydrogen-bond donors (Lipinski definition) is 1. The van der Waals surface area contributed by atoms with Crippen molar-refractivity contribution in [3.8, 4) is 0 Å². The third kappa shape index (κ3) is 7.57. The third-order valence-electron chi connectivity index (χ3n) is 7.92. The van der Waals surface area contributed by atoms with Crippen LogP contribution in [0.15, 0.2) is 59.5 Å². The predicted molar refractivity (Wildman–Crippen MR) is 151 cm³/mol. The molecule has 2 aliphatic rings. The molecule has 9 heteroatoms. The number of sulfonamides is 1. The van der Waals surface area contributed by atoms with Gasteiger partial charge < -0.3 is 15.0 Å². The van der Waals surface area contributed by atoms with Crippen molar-refractivity contribution in [2.24, 2.45) is 11.8 Å². The summed E-state index contributed by atoms with van der Waals surface area (Å²) in [5.41, 5.74) is 1.32. The van der Waals surface area contributed by atoms with Crippen LogP contribution in [-0.2, 0) is 19.6 Å². The molecule has 0 bridgehead atoms. The molecule has 1 aliphatic carbocycles. The lowest BCUT2D eigenvalue weighted by molar-refractivity contribution is -0.127. The van der Waals surface area contributed by atoms with E-state index in [1.54, 1.807) is 30.3 Å². The van der Waals surface area contributed by atoms with Crippen LogP contribution >= 0.6 is 11.6 Å². The van der Waals surface area contributed by atoms with Gasteiger partial charge in [0.25, 0.3) is 0 Å². The number of ether oxygens (including phenoxy) is 1. The number of rotatable bonds is 11. The summed E-state index contributed by atoms with van der Waals surface area (Å²) in [5.74, 6) is 1.09. The summed E-state index contributed by atoms with van der Waals surface area (Å²) in [6.45, 7) is 1.28. The van der Waals surface area contributed by atoms with Crippen molar-refractivity contribution in [2.75, 3.05) is 40.3 Å². The van der Waals surface area contributed by atoms with Gasteiger partial charge in [-0.25, -0.2) is 8.42 Å². The molecular weight excluding hydrogens is 522 g/mol. The zero-order valence-electron chi connectivity index (χ0n) is 22.4. The predicted octanol–water partition coefficient (Wildman–Crippen LogP) is 4.74. The van der Waals surface area contributed by atoms with Gasteiger partial charge in [0, 0.05) is 30.7 Å². The van der Waals surface area contributed by atoms with Gasteiger partial charge in [-0.15, -0.1) is 0 Å². The van der Waals surface area contributed by atoms with Gasteiger partial charge in [-0.2, -0.15) is 4.31 Å². The van der Waals surface area contributed by atoms with Crippen molar-refractivity contribution in [3.63, 3.8) is 0 Å². The summed E-state index contributed by atoms with van der Waals surface area (Å²) in [7, 11) is 0.770. The van der Waals surface area contributed by atoms with Gasteiger partial charge in [0.2, 0.25) is 15.9 Å². The van der Waals surface area contributed by atoms with Crippen LogP contribution in [0.3, 0.4) is 0 Å². The first-order valence-corrected chi connectivity index (χ1v) is 15.4. The van der Waals surface area contributed by atoms with Crippen molar-refractivity contribution in [2.45, 2.75) is 55.6 Å². The van der Waals surface area contributed by atoms with E-state index in [0.717, 1.165) is 11.4 Å². The third-order valence-corrected chi connectivity index (χ3v) is 10.1. The summed E-state index contributed by atoms with van der Waals surface area (Å²) in [6, 6.07) is 17.0. The molecule has 0 radical (unpaired) electrons. The molecule has 1 saturated heterocycles. The number of halogens is 1. The van der Waals surface area contributed by atoms with E-state index in [9.17, 15) is 13.2 Å². The summed E-state index contributed by atoms with van der Waals surface area (Å²) in [4.78, 5) is 15.0. The van der Waals surface area contributed by atoms with Crippen LogP contribution in [-0.4, -0.2) is 70.0 Å². The Kier molecular flexibility index (Phi) is 10.2. The second kappa shape index (κ2) is 13.4. The lowest BCUT2D eigenvalue weighted by atomic mass is 9.75. The van der Waals surface area contributed by atoms with Crippen molar-refractivity contribution in [1.82, 2.24) is 14.5 Å². The fourth-order valence-electron chi connectivity index (χ4n) is 5.90. The Bertz CT molecular complexity index is 1140. The van der Waals surface area contributed by atoms with E-state index in [4.69, 9.17) is 16.3 Å². The van der Waals surface area contributed by atoms with Gasteiger partial charge in [0.15, 0.2) is 0 Å². The average molecular weight is 562 g/mol. The molecule has 7 nitrogen and oxygen atoms in total. The fraction of sp³-hybridized carbons (Fsp3) is 0.552. The number of nitrogens with one attached hydrogen (secondary N) is 1. The van der Waals surface area contributed by atoms with E-state index in [0.29, 0.717) is 37.4 Å². The lowest BCUT2D eigenvalue weighted by Crippen LogP contribution is -2.34. The van der Waals surface area contributed by atoms with E-state index < -0.39 is 10.0 Å². The van der Waals surface area contributed by atoms with Gasteiger partial charge in [0.05, 0.1) is 11.0 Å². The second-order valence-corrected chi connectivity index (χ2v) is 13.2. The molecule has 2 atom stereocenters. The fourth-order valence-corrected chi connectivity index (χ4v) is 7.53. The first-order valence-electron chi connectivity index (χ1n) is 13.6. The molecule has 0 spiro atoms. The molecule has 208 valence electrons. The SMILES string of the molecule is CN(C)C(c1ccc(Cl)cc1)C1CCC(CCNC(=O)COC2CCN(S(=O)(=O)c3ccccc3)C2)CC1. The Labute approximate surface area is 232 Å². The number of benzene rings is 2. The minimum Gasteiger partial charge on any atom is -0.367 e. The molecule has 1 saturated carbocycles. The van der Waals surface area contributed by atoms with Gasteiger partial charge in [0.1, 0.15) is 6.61 Å². The summed E-state index contributed by atoms with van der Waals surface area (Å²) >= 11 is 6.09. The Balaban J connectivity index is 1.14. The van der Waals surface area contributed by atoms with Crippen LogP contribution in [0, 0.1) is 11.8 Å². The maximum Gasteiger partial charge on any atom is 0.246 e. The Hall–Kier alpha value is -1.97. The van der Waals surface area contributed by atoms with E-state index in [1.807, 2.05) is 12.1 Å². The first-order chi connectivity index (χ1) is 18.2. The molecule has 2 aromatic carbocycles. The lowest BCUT2D eigenvalue weighted by Gasteiger charge is -2.37. The standard InChI is InChI=1S/C29H40ClN3O4S/c1-32(2)29(24-12-14-25(30)15-13-24)23-10-8-22(9-11-23)16-18-31-28(34)21-37-26-17-19-33(20-26)38(35,36)27-6-4-3-5-7-27/h3-7,12-15,22-23,26,29H,8-11,16-21H2,1-2H3,(H,31,34). The van der Waals surface area contributed by atoms with Gasteiger partial charge in [-0.1, -0.05) is 54.8 Å². The monoisotopic (exact) mass is 561 g/mol. The molecule has 1 amide bonds. The van der Waals surface area contributed by atoms with E-state index in [-0.39, 0.29) is 30.1 Å². The largest absolute Gasteiger partial charge is 0.367 e. The molecule has 38 heavy (non-hydrogen) atoms. The zero-order valence-corrected chi connectivity index (χ0v) is 24.0. The Morgan fingerprint density at radius 3 is 2.39 bits per heavy atom. The van der Waals surface area contributed by atoms with Gasteiger partial charge in [-0.05, 0) is 81.4 Å². The number of nitrogens with zero attached hydrogens (tertiary/aromatic N) is 2. The highest BCUT2D eigenvalue weighted by atomic mass is 35.5.